The van der Waals surface area contributed by atoms with E-state index in [0.717, 1.165) is 19.8 Å². The van der Waals surface area contributed by atoms with Crippen LogP contribution in [0.4, 0.5) is 8.78 Å². The molecule has 1 aliphatic rings. The van der Waals surface area contributed by atoms with Gasteiger partial charge < -0.3 is 4.85 Å². The Bertz CT molecular complexity index is 202. The molecule has 1 nitrogen and oxygen atoms in total. The van der Waals surface area contributed by atoms with E-state index in [0.29, 0.717) is 19.4 Å². The number of rotatable bonds is 3. The summed E-state index contributed by atoms with van der Waals surface area (Å²) in [6.07, 6.45) is 3.06. The molecule has 0 saturated heterocycles. The fourth-order valence-corrected chi connectivity index (χ4v) is 2.28. The van der Waals surface area contributed by atoms with Gasteiger partial charge in [-0.2, -0.15) is 0 Å². The van der Waals surface area contributed by atoms with E-state index in [2.05, 4.69) is 4.85 Å². The van der Waals surface area contributed by atoms with Gasteiger partial charge in [-0.3, -0.25) is 0 Å². The van der Waals surface area contributed by atoms with Crippen molar-refractivity contribution in [3.8, 4) is 0 Å². The molecule has 0 heterocycles. The molecule has 0 aromatic carbocycles. The van der Waals surface area contributed by atoms with Crippen molar-refractivity contribution < 1.29 is 8.78 Å². The molecule has 1 saturated carbocycles. The third kappa shape index (κ3) is 2.65. The van der Waals surface area contributed by atoms with E-state index in [4.69, 9.17) is 6.57 Å². The minimum atomic E-state index is -2.55. The summed E-state index contributed by atoms with van der Waals surface area (Å²) in [7, 11) is 0. The molecule has 0 N–H and O–H groups in total. The molecule has 3 heteroatoms. The quantitative estimate of drug-likeness (QED) is 0.597. The van der Waals surface area contributed by atoms with Crippen molar-refractivity contribution in [3.05, 3.63) is 11.4 Å². The molecule has 2 atom stereocenters. The van der Waals surface area contributed by atoms with Crippen molar-refractivity contribution in [2.45, 2.75) is 38.5 Å². The second kappa shape index (κ2) is 4.04. The highest BCUT2D eigenvalue weighted by atomic mass is 19.3. The van der Waals surface area contributed by atoms with Gasteiger partial charge in [-0.05, 0) is 25.7 Å². The lowest BCUT2D eigenvalue weighted by Gasteiger charge is -2.24. The highest BCUT2D eigenvalue weighted by Crippen LogP contribution is 2.43. The van der Waals surface area contributed by atoms with Crippen LogP contribution in [0.15, 0.2) is 0 Å². The van der Waals surface area contributed by atoms with Gasteiger partial charge in [0.1, 0.15) is 0 Å². The smallest absolute Gasteiger partial charge is 0.248 e. The van der Waals surface area contributed by atoms with Crippen molar-refractivity contribution >= 4 is 0 Å². The normalized spacial score (nSPS) is 28.8. The molecule has 0 aromatic rings. The molecular weight excluding hydrogens is 172 g/mol. The van der Waals surface area contributed by atoms with Crippen molar-refractivity contribution in [2.75, 3.05) is 6.54 Å². The fourth-order valence-electron chi connectivity index (χ4n) is 2.28. The first kappa shape index (κ1) is 10.4. The largest absolute Gasteiger partial charge is 0.317 e. The van der Waals surface area contributed by atoms with E-state index in [-0.39, 0.29) is 5.92 Å². The first-order valence-corrected chi connectivity index (χ1v) is 4.76. The van der Waals surface area contributed by atoms with Crippen LogP contribution < -0.4 is 0 Å². The molecule has 1 fully saturated rings. The van der Waals surface area contributed by atoms with E-state index >= 15 is 0 Å². The second-order valence-corrected chi connectivity index (χ2v) is 3.92. The van der Waals surface area contributed by atoms with Gasteiger partial charge in [0.15, 0.2) is 0 Å². The Morgan fingerprint density at radius 3 is 2.69 bits per heavy atom. The van der Waals surface area contributed by atoms with Gasteiger partial charge in [0, 0.05) is 12.3 Å². The molecule has 0 amide bonds. The summed E-state index contributed by atoms with van der Waals surface area (Å²) in [5, 5.41) is 0. The maximum atomic E-state index is 13.0. The van der Waals surface area contributed by atoms with Crippen molar-refractivity contribution in [1.82, 2.24) is 0 Å². The molecule has 74 valence electrons. The predicted octanol–water partition coefficient (Wildman–Crippen LogP) is 3.37. The molecule has 0 radical (unpaired) electrons. The first-order chi connectivity index (χ1) is 6.05. The van der Waals surface area contributed by atoms with Gasteiger partial charge in [0.25, 0.3) is 0 Å². The molecule has 0 spiro atoms. The van der Waals surface area contributed by atoms with Gasteiger partial charge in [-0.15, -0.1) is 0 Å². The van der Waals surface area contributed by atoms with Crippen molar-refractivity contribution in [3.63, 3.8) is 0 Å². The lowest BCUT2D eigenvalue weighted by atomic mass is 9.88. The molecule has 13 heavy (non-hydrogen) atoms. The Balaban J connectivity index is 2.50. The summed E-state index contributed by atoms with van der Waals surface area (Å²) < 4.78 is 26.1. The van der Waals surface area contributed by atoms with Gasteiger partial charge in [-0.1, -0.05) is 6.42 Å². The predicted molar refractivity (Wildman–Crippen MR) is 47.5 cm³/mol. The van der Waals surface area contributed by atoms with Crippen molar-refractivity contribution in [1.29, 1.82) is 0 Å². The fraction of sp³-hybridized carbons (Fsp3) is 0.900. The second-order valence-electron chi connectivity index (χ2n) is 3.92. The van der Waals surface area contributed by atoms with Crippen LogP contribution in [0.5, 0.6) is 0 Å². The Hall–Kier alpha value is -0.650. The third-order valence-corrected chi connectivity index (χ3v) is 2.92. The highest BCUT2D eigenvalue weighted by molar-refractivity contribution is 4.86. The summed E-state index contributed by atoms with van der Waals surface area (Å²) in [5.74, 6) is -2.95. The summed E-state index contributed by atoms with van der Waals surface area (Å²) in [6, 6.07) is 0. The number of hydrogen-bond acceptors (Lipinski definition) is 0. The van der Waals surface area contributed by atoms with E-state index in [1.54, 1.807) is 0 Å². The average molecular weight is 187 g/mol. The van der Waals surface area contributed by atoms with Gasteiger partial charge in [0.2, 0.25) is 12.5 Å². The number of alkyl halides is 2. The topological polar surface area (TPSA) is 4.36 Å². The molecular formula is C10H15F2N. The van der Waals surface area contributed by atoms with E-state index in [1.165, 1.54) is 0 Å². The Labute approximate surface area is 78.0 Å². The van der Waals surface area contributed by atoms with Gasteiger partial charge >= 0.3 is 0 Å². The molecule has 2 unspecified atom stereocenters. The zero-order valence-electron chi connectivity index (χ0n) is 7.89. The molecule has 1 rings (SSSR count). The van der Waals surface area contributed by atoms with Crippen LogP contribution in [-0.4, -0.2) is 12.5 Å². The van der Waals surface area contributed by atoms with Gasteiger partial charge in [-0.25, -0.2) is 15.4 Å². The first-order valence-electron chi connectivity index (χ1n) is 4.76. The highest BCUT2D eigenvalue weighted by Gasteiger charge is 2.42. The van der Waals surface area contributed by atoms with E-state index in [1.807, 2.05) is 0 Å². The summed E-state index contributed by atoms with van der Waals surface area (Å²) in [5.41, 5.74) is 0. The van der Waals surface area contributed by atoms with Crippen LogP contribution in [-0.2, 0) is 0 Å². The lowest BCUT2D eigenvalue weighted by Crippen LogP contribution is -2.27. The zero-order valence-corrected chi connectivity index (χ0v) is 7.89. The van der Waals surface area contributed by atoms with Crippen LogP contribution in [0.3, 0.4) is 0 Å². The molecule has 0 bridgehead atoms. The van der Waals surface area contributed by atoms with Crippen LogP contribution in [0.25, 0.3) is 4.85 Å². The Morgan fingerprint density at radius 2 is 2.15 bits per heavy atom. The number of hydrogen-bond donors (Lipinski definition) is 0. The van der Waals surface area contributed by atoms with Crippen LogP contribution >= 0.6 is 0 Å². The number of halogens is 2. The SMILES string of the molecule is [C-]#[N+]CCC1CCCC1C(C)(F)F. The van der Waals surface area contributed by atoms with Crippen molar-refractivity contribution in [2.24, 2.45) is 11.8 Å². The lowest BCUT2D eigenvalue weighted by molar-refractivity contribution is -0.0547. The molecule has 0 aliphatic heterocycles. The maximum absolute atomic E-state index is 13.0. The Kier molecular flexibility index (Phi) is 3.24. The van der Waals surface area contributed by atoms with Crippen LogP contribution in [0, 0.1) is 18.4 Å². The average Bonchev–Trinajstić information content (AvgIpc) is 2.47. The molecule has 1 aliphatic carbocycles. The summed E-state index contributed by atoms with van der Waals surface area (Å²) in [6.45, 7) is 8.03. The maximum Gasteiger partial charge on any atom is 0.248 e. The van der Waals surface area contributed by atoms with Crippen LogP contribution in [0.1, 0.15) is 32.6 Å². The zero-order chi connectivity index (χ0) is 9.90. The molecule has 0 aromatic heterocycles. The van der Waals surface area contributed by atoms with Crippen LogP contribution in [0.2, 0.25) is 0 Å². The Morgan fingerprint density at radius 1 is 1.46 bits per heavy atom. The van der Waals surface area contributed by atoms with E-state index < -0.39 is 11.8 Å². The minimum absolute atomic E-state index is 0.0779. The summed E-state index contributed by atoms with van der Waals surface area (Å²) in [4.78, 5) is 3.22. The third-order valence-electron chi connectivity index (χ3n) is 2.92. The van der Waals surface area contributed by atoms with E-state index in [9.17, 15) is 8.78 Å². The minimum Gasteiger partial charge on any atom is -0.317 e. The summed E-state index contributed by atoms with van der Waals surface area (Å²) >= 11 is 0. The number of nitrogens with zero attached hydrogens (tertiary/aromatic N) is 1. The van der Waals surface area contributed by atoms with Gasteiger partial charge in [0.05, 0.1) is 0 Å². The standard InChI is InChI=1S/C10H15F2N/c1-10(11,12)9-5-3-4-8(9)6-7-13-2/h8-9H,3-7H2,1H3. The monoisotopic (exact) mass is 187 g/mol.